The first kappa shape index (κ1) is 31.3. The molecule has 1 aromatic heterocycles. The van der Waals surface area contributed by atoms with Gasteiger partial charge in [0.2, 0.25) is 0 Å². The highest BCUT2D eigenvalue weighted by Gasteiger charge is 2.60. The highest BCUT2D eigenvalue weighted by Crippen LogP contribution is 2.66. The van der Waals surface area contributed by atoms with E-state index in [1.807, 2.05) is 0 Å². The number of hydrogen-bond donors (Lipinski definition) is 3. The minimum Gasteiger partial charge on any atom is -0.378 e. The lowest BCUT2D eigenvalue weighted by Gasteiger charge is -2.60. The Labute approximate surface area is 278 Å². The van der Waals surface area contributed by atoms with Crippen LogP contribution in [-0.2, 0) is 22.5 Å². The summed E-state index contributed by atoms with van der Waals surface area (Å²) in [5.74, 6) is 2.88. The van der Waals surface area contributed by atoms with Crippen LogP contribution in [0.5, 0.6) is 0 Å². The van der Waals surface area contributed by atoms with Crippen molar-refractivity contribution in [2.45, 2.75) is 97.1 Å². The summed E-state index contributed by atoms with van der Waals surface area (Å²) < 4.78 is 20.9. The van der Waals surface area contributed by atoms with Gasteiger partial charge in [-0.1, -0.05) is 38.1 Å². The fraction of sp³-hybridized carbons (Fsp3) is 0.600. The number of carbonyl (C=O) groups excluding carboxylic acids is 2. The Morgan fingerprint density at radius 2 is 1.79 bits per heavy atom. The molecule has 47 heavy (non-hydrogen) atoms. The summed E-state index contributed by atoms with van der Waals surface area (Å²) in [4.78, 5) is 28.4. The quantitative estimate of drug-likeness (QED) is 0.220. The maximum Gasteiger partial charge on any atom is 0.252 e. The van der Waals surface area contributed by atoms with E-state index in [0.717, 1.165) is 91.3 Å². The molecule has 3 aromatic rings. The van der Waals surface area contributed by atoms with Gasteiger partial charge in [-0.15, -0.1) is 0 Å². The molecule has 2 heterocycles. The summed E-state index contributed by atoms with van der Waals surface area (Å²) in [6.45, 7) is 8.03. The van der Waals surface area contributed by atoms with Crippen LogP contribution in [0.25, 0.3) is 22.2 Å². The van der Waals surface area contributed by atoms with Crippen LogP contribution in [0.1, 0.15) is 99.5 Å². The summed E-state index contributed by atoms with van der Waals surface area (Å²) in [5, 5.41) is 7.33. The number of benzene rings is 2. The molecule has 2 aromatic carbocycles. The molecule has 250 valence electrons. The van der Waals surface area contributed by atoms with Gasteiger partial charge in [-0.25, -0.2) is 4.39 Å². The van der Waals surface area contributed by atoms with Crippen molar-refractivity contribution in [3.8, 4) is 11.3 Å². The molecule has 0 saturated heterocycles. The normalized spacial score (nSPS) is 33.2. The number of amides is 1. The molecule has 8 rings (SSSR count). The first-order valence-electron chi connectivity index (χ1n) is 18.3. The van der Waals surface area contributed by atoms with Crippen LogP contribution < -0.4 is 10.6 Å². The van der Waals surface area contributed by atoms with E-state index in [-0.39, 0.29) is 16.7 Å². The Kier molecular flexibility index (Phi) is 8.07. The number of halogens is 1. The van der Waals surface area contributed by atoms with Gasteiger partial charge in [0.15, 0.2) is 0 Å². The second kappa shape index (κ2) is 12.1. The van der Waals surface area contributed by atoms with Crippen LogP contribution in [0.2, 0.25) is 0 Å². The predicted molar refractivity (Wildman–Crippen MR) is 183 cm³/mol. The molecule has 4 fully saturated rings. The SMILES string of the molecule is C[C@]12CC(=O)CC[C@@H]1CC[C@@H]1[C@@H]2CC[C@]2(C)[C@@H](OCCCNCc3ccc(-c4[nH]c5cc(F)cc6c5c4CCNC6=O)cc3)CC[C@@H]12. The van der Waals surface area contributed by atoms with Crippen molar-refractivity contribution in [3.05, 3.63) is 58.9 Å². The second-order valence-corrected chi connectivity index (χ2v) is 16.0. The van der Waals surface area contributed by atoms with Gasteiger partial charge in [0.25, 0.3) is 5.91 Å². The van der Waals surface area contributed by atoms with E-state index in [1.165, 1.54) is 56.2 Å². The largest absolute Gasteiger partial charge is 0.378 e. The zero-order valence-corrected chi connectivity index (χ0v) is 28.1. The van der Waals surface area contributed by atoms with Crippen LogP contribution >= 0.6 is 0 Å². The molecule has 0 unspecified atom stereocenters. The fourth-order valence-electron chi connectivity index (χ4n) is 11.2. The Bertz CT molecular complexity index is 1680. The van der Waals surface area contributed by atoms with Gasteiger partial charge in [-0.2, -0.15) is 0 Å². The molecule has 7 atom stereocenters. The molecule has 0 radical (unpaired) electrons. The number of ether oxygens (including phenoxy) is 1. The summed E-state index contributed by atoms with van der Waals surface area (Å²) >= 11 is 0. The Morgan fingerprint density at radius 1 is 0.957 bits per heavy atom. The lowest BCUT2D eigenvalue weighted by Crippen LogP contribution is -2.54. The maximum atomic E-state index is 14.3. The van der Waals surface area contributed by atoms with Crippen LogP contribution in [0, 0.1) is 40.3 Å². The average Bonchev–Trinajstić information content (AvgIpc) is 3.53. The van der Waals surface area contributed by atoms with E-state index in [4.69, 9.17) is 4.74 Å². The number of fused-ring (bicyclic) bond motifs is 5. The average molecular weight is 640 g/mol. The third kappa shape index (κ3) is 5.36. The Balaban J connectivity index is 0.830. The number of rotatable bonds is 8. The molecule has 3 N–H and O–H groups in total. The van der Waals surface area contributed by atoms with Crippen LogP contribution in [-0.4, -0.2) is 42.5 Å². The number of Topliss-reactive ketones (excluding diaryl/α,β-unsaturated/α-hetero) is 1. The zero-order chi connectivity index (χ0) is 32.3. The van der Waals surface area contributed by atoms with Crippen molar-refractivity contribution < 1.29 is 18.7 Å². The summed E-state index contributed by atoms with van der Waals surface area (Å²) in [7, 11) is 0. The van der Waals surface area contributed by atoms with E-state index >= 15 is 0 Å². The van der Waals surface area contributed by atoms with Crippen molar-refractivity contribution in [2.24, 2.45) is 34.5 Å². The maximum absolute atomic E-state index is 14.3. The van der Waals surface area contributed by atoms with Gasteiger partial charge in [0.1, 0.15) is 11.6 Å². The molecule has 1 amide bonds. The molecule has 1 aliphatic heterocycles. The van der Waals surface area contributed by atoms with E-state index in [1.54, 1.807) is 0 Å². The first-order chi connectivity index (χ1) is 22.7. The molecule has 4 aliphatic carbocycles. The van der Waals surface area contributed by atoms with Crippen LogP contribution in [0.3, 0.4) is 0 Å². The van der Waals surface area contributed by atoms with Gasteiger partial charge >= 0.3 is 0 Å². The standard InChI is InChI=1S/C40H50FN3O3/c1-39-16-14-33-29(11-9-26-8-10-28(45)22-40(26,33)2)32(39)12-13-35(39)47-19-3-17-42-23-24-4-6-25(7-5-24)37-30-15-18-43-38(46)31-20-27(41)21-34(44-37)36(30)31/h4-7,20-21,26,29,32-33,35,42,44H,3,8-19,22-23H2,1-2H3,(H,43,46)/t26-,29+,32+,33+,35+,39+,40+/m1/s1. The topological polar surface area (TPSA) is 83.2 Å². The number of H-pyrrole nitrogens is 1. The third-order valence-electron chi connectivity index (χ3n) is 13.6. The monoisotopic (exact) mass is 639 g/mol. The smallest absolute Gasteiger partial charge is 0.252 e. The van der Waals surface area contributed by atoms with Crippen molar-refractivity contribution >= 4 is 22.6 Å². The van der Waals surface area contributed by atoms with Crippen molar-refractivity contribution in [1.29, 1.82) is 0 Å². The van der Waals surface area contributed by atoms with Crippen LogP contribution in [0.4, 0.5) is 4.39 Å². The van der Waals surface area contributed by atoms with Crippen molar-refractivity contribution in [2.75, 3.05) is 19.7 Å². The number of aromatic amines is 1. The third-order valence-corrected chi connectivity index (χ3v) is 13.6. The fourth-order valence-corrected chi connectivity index (χ4v) is 11.2. The molecular weight excluding hydrogens is 589 g/mol. The molecule has 0 spiro atoms. The summed E-state index contributed by atoms with van der Waals surface area (Å²) in [6, 6.07) is 11.3. The first-order valence-corrected chi connectivity index (χ1v) is 18.3. The molecular formula is C40H50FN3O3. The predicted octanol–water partition coefficient (Wildman–Crippen LogP) is 7.74. The molecule has 5 aliphatic rings. The number of nitrogens with one attached hydrogen (secondary N) is 3. The Hall–Kier alpha value is -3.03. The van der Waals surface area contributed by atoms with Crippen LogP contribution in [0.15, 0.2) is 36.4 Å². The molecule has 4 saturated carbocycles. The van der Waals surface area contributed by atoms with Gasteiger partial charge in [-0.05, 0) is 128 Å². The minimum atomic E-state index is -0.407. The molecule has 7 heteroatoms. The molecule has 0 bridgehead atoms. The number of hydrogen-bond acceptors (Lipinski definition) is 4. The number of carbonyl (C=O) groups is 2. The highest BCUT2D eigenvalue weighted by atomic mass is 19.1. The van der Waals surface area contributed by atoms with E-state index < -0.39 is 5.82 Å². The van der Waals surface area contributed by atoms with Gasteiger partial charge in [0, 0.05) is 49.1 Å². The number of ketones is 1. The van der Waals surface area contributed by atoms with E-state index in [0.29, 0.717) is 35.9 Å². The van der Waals surface area contributed by atoms with Gasteiger partial charge in [-0.3, -0.25) is 9.59 Å². The Morgan fingerprint density at radius 3 is 2.64 bits per heavy atom. The summed E-state index contributed by atoms with van der Waals surface area (Å²) in [6.07, 6.45) is 12.5. The van der Waals surface area contributed by atoms with Crippen molar-refractivity contribution in [1.82, 2.24) is 15.6 Å². The van der Waals surface area contributed by atoms with Gasteiger partial charge < -0.3 is 20.4 Å². The highest BCUT2D eigenvalue weighted by molar-refractivity contribution is 6.10. The van der Waals surface area contributed by atoms with Crippen molar-refractivity contribution in [3.63, 3.8) is 0 Å². The van der Waals surface area contributed by atoms with E-state index in [2.05, 4.69) is 53.7 Å². The van der Waals surface area contributed by atoms with E-state index in [9.17, 15) is 14.0 Å². The lowest BCUT2D eigenvalue weighted by atomic mass is 9.45. The summed E-state index contributed by atoms with van der Waals surface area (Å²) in [5.41, 5.74) is 5.88. The number of aromatic nitrogens is 1. The second-order valence-electron chi connectivity index (χ2n) is 16.0. The van der Waals surface area contributed by atoms with Gasteiger partial charge in [0.05, 0.1) is 11.7 Å². The minimum absolute atomic E-state index is 0.218. The molecule has 6 nitrogen and oxygen atoms in total. The zero-order valence-electron chi connectivity index (χ0n) is 28.1. The lowest BCUT2D eigenvalue weighted by molar-refractivity contribution is -0.147.